The molecule has 146 valence electrons. The first kappa shape index (κ1) is 19.2. The van der Waals surface area contributed by atoms with E-state index in [1.165, 1.54) is 19.1 Å². The van der Waals surface area contributed by atoms with Crippen molar-refractivity contribution in [3.8, 4) is 11.5 Å². The molecule has 1 heterocycles. The normalized spacial score (nSPS) is 12.5. The topological polar surface area (TPSA) is 103 Å². The second-order valence-corrected chi connectivity index (χ2v) is 6.09. The van der Waals surface area contributed by atoms with Gasteiger partial charge in [-0.3, -0.25) is 9.59 Å². The highest BCUT2D eigenvalue weighted by Gasteiger charge is 2.14. The fraction of sp³-hybridized carbons (Fsp3) is 0.250. The van der Waals surface area contributed by atoms with Gasteiger partial charge in [-0.15, -0.1) is 0 Å². The van der Waals surface area contributed by atoms with Crippen molar-refractivity contribution in [2.24, 2.45) is 0 Å². The summed E-state index contributed by atoms with van der Waals surface area (Å²) in [4.78, 5) is 35.1. The second kappa shape index (κ2) is 8.90. The summed E-state index contributed by atoms with van der Waals surface area (Å²) in [5, 5.41) is 5.25. The average molecular weight is 384 g/mol. The Kier molecular flexibility index (Phi) is 6.11. The number of rotatable bonds is 5. The Balaban J connectivity index is 1.52. The van der Waals surface area contributed by atoms with Gasteiger partial charge < -0.3 is 24.8 Å². The summed E-state index contributed by atoms with van der Waals surface area (Å²) in [6.07, 6.45) is 0.790. The van der Waals surface area contributed by atoms with Gasteiger partial charge in [0.2, 0.25) is 5.91 Å². The van der Waals surface area contributed by atoms with Crippen LogP contribution in [0.25, 0.3) is 0 Å². The molecule has 8 heteroatoms. The van der Waals surface area contributed by atoms with E-state index in [0.717, 1.165) is 6.42 Å². The zero-order chi connectivity index (χ0) is 19.9. The third-order valence-corrected chi connectivity index (χ3v) is 3.81. The van der Waals surface area contributed by atoms with Gasteiger partial charge in [0.15, 0.2) is 18.1 Å². The van der Waals surface area contributed by atoms with E-state index in [0.29, 0.717) is 36.1 Å². The Bertz CT molecular complexity index is 879. The molecule has 28 heavy (non-hydrogen) atoms. The molecule has 2 N–H and O–H groups in total. The molecule has 0 spiro atoms. The number of ether oxygens (including phenoxy) is 3. The molecule has 0 aliphatic carbocycles. The summed E-state index contributed by atoms with van der Waals surface area (Å²) in [6.45, 7) is 2.09. The number of hydrogen-bond donors (Lipinski definition) is 2. The molecule has 0 saturated carbocycles. The van der Waals surface area contributed by atoms with E-state index >= 15 is 0 Å². The van der Waals surface area contributed by atoms with Gasteiger partial charge in [-0.2, -0.15) is 0 Å². The number of fused-ring (bicyclic) bond motifs is 1. The van der Waals surface area contributed by atoms with Gasteiger partial charge in [-0.1, -0.05) is 0 Å². The number of amides is 2. The fourth-order valence-corrected chi connectivity index (χ4v) is 2.55. The summed E-state index contributed by atoms with van der Waals surface area (Å²) in [7, 11) is 0. The number of carbonyl (C=O) groups excluding carboxylic acids is 3. The summed E-state index contributed by atoms with van der Waals surface area (Å²) in [6, 6.07) is 11.3. The molecule has 2 amide bonds. The molecule has 1 aliphatic heterocycles. The van der Waals surface area contributed by atoms with Crippen LogP contribution < -0.4 is 20.1 Å². The Morgan fingerprint density at radius 2 is 1.61 bits per heavy atom. The molecular formula is C20H20N2O6. The van der Waals surface area contributed by atoms with Gasteiger partial charge in [0, 0.05) is 30.8 Å². The first-order valence-corrected chi connectivity index (χ1v) is 8.75. The van der Waals surface area contributed by atoms with Crippen LogP contribution >= 0.6 is 0 Å². The number of carbonyl (C=O) groups is 3. The van der Waals surface area contributed by atoms with Crippen LogP contribution in [0.4, 0.5) is 11.4 Å². The van der Waals surface area contributed by atoms with Crippen LogP contribution in [0.5, 0.6) is 11.5 Å². The highest BCUT2D eigenvalue weighted by Crippen LogP contribution is 2.32. The lowest BCUT2D eigenvalue weighted by Gasteiger charge is -2.11. The van der Waals surface area contributed by atoms with Gasteiger partial charge in [-0.05, 0) is 36.4 Å². The highest BCUT2D eigenvalue weighted by molar-refractivity contribution is 5.96. The van der Waals surface area contributed by atoms with Crippen LogP contribution in [0.2, 0.25) is 0 Å². The Hall–Kier alpha value is -3.55. The van der Waals surface area contributed by atoms with E-state index in [1.54, 1.807) is 30.3 Å². The minimum Gasteiger partial charge on any atom is -0.490 e. The summed E-state index contributed by atoms with van der Waals surface area (Å²) >= 11 is 0. The molecule has 1 aliphatic rings. The number of hydrogen-bond acceptors (Lipinski definition) is 6. The quantitative estimate of drug-likeness (QED) is 0.768. The maximum absolute atomic E-state index is 12.1. The van der Waals surface area contributed by atoms with Crippen molar-refractivity contribution < 1.29 is 28.6 Å². The molecule has 8 nitrogen and oxygen atoms in total. The van der Waals surface area contributed by atoms with Crippen molar-refractivity contribution in [2.75, 3.05) is 30.5 Å². The van der Waals surface area contributed by atoms with Crippen LogP contribution in [0, 0.1) is 0 Å². The minimum absolute atomic E-state index is 0.207. The number of anilines is 2. The van der Waals surface area contributed by atoms with E-state index in [4.69, 9.17) is 14.2 Å². The maximum atomic E-state index is 12.1. The molecule has 3 rings (SSSR count). The van der Waals surface area contributed by atoms with Crippen LogP contribution in [0.3, 0.4) is 0 Å². The smallest absolute Gasteiger partial charge is 0.338 e. The minimum atomic E-state index is -0.636. The van der Waals surface area contributed by atoms with Crippen molar-refractivity contribution >= 4 is 29.2 Å². The number of esters is 1. The molecule has 0 fully saturated rings. The first-order valence-electron chi connectivity index (χ1n) is 8.75. The predicted octanol–water partition coefficient (Wildman–Crippen LogP) is 2.60. The fourth-order valence-electron chi connectivity index (χ4n) is 2.55. The van der Waals surface area contributed by atoms with Crippen LogP contribution in [-0.4, -0.2) is 37.6 Å². The lowest BCUT2D eigenvalue weighted by molar-refractivity contribution is -0.119. The van der Waals surface area contributed by atoms with Crippen molar-refractivity contribution in [3.63, 3.8) is 0 Å². The van der Waals surface area contributed by atoms with E-state index in [9.17, 15) is 14.4 Å². The van der Waals surface area contributed by atoms with Crippen LogP contribution in [-0.2, 0) is 14.3 Å². The van der Waals surface area contributed by atoms with E-state index in [1.807, 2.05) is 0 Å². The third kappa shape index (κ3) is 5.23. The van der Waals surface area contributed by atoms with Crippen molar-refractivity contribution in [1.29, 1.82) is 0 Å². The molecule has 0 saturated heterocycles. The average Bonchev–Trinajstić information content (AvgIpc) is 2.91. The Morgan fingerprint density at radius 3 is 2.32 bits per heavy atom. The maximum Gasteiger partial charge on any atom is 0.338 e. The number of nitrogens with one attached hydrogen (secondary N) is 2. The van der Waals surface area contributed by atoms with Crippen molar-refractivity contribution in [3.05, 3.63) is 48.0 Å². The largest absolute Gasteiger partial charge is 0.490 e. The molecule has 0 radical (unpaired) electrons. The Labute approximate surface area is 161 Å². The molecule has 0 unspecified atom stereocenters. The Morgan fingerprint density at radius 1 is 0.929 bits per heavy atom. The summed E-state index contributed by atoms with van der Waals surface area (Å²) in [5.41, 5.74) is 1.36. The number of benzene rings is 2. The predicted molar refractivity (Wildman–Crippen MR) is 102 cm³/mol. The van der Waals surface area contributed by atoms with E-state index in [2.05, 4.69) is 10.6 Å². The summed E-state index contributed by atoms with van der Waals surface area (Å²) in [5.74, 6) is -0.126. The first-order chi connectivity index (χ1) is 13.5. The lowest BCUT2D eigenvalue weighted by Crippen LogP contribution is -2.21. The third-order valence-electron chi connectivity index (χ3n) is 3.81. The van der Waals surface area contributed by atoms with Crippen LogP contribution in [0.1, 0.15) is 23.7 Å². The van der Waals surface area contributed by atoms with Gasteiger partial charge in [0.1, 0.15) is 0 Å². The van der Waals surface area contributed by atoms with Gasteiger partial charge in [0.05, 0.1) is 18.8 Å². The monoisotopic (exact) mass is 384 g/mol. The van der Waals surface area contributed by atoms with Crippen LogP contribution in [0.15, 0.2) is 42.5 Å². The molecular weight excluding hydrogens is 364 g/mol. The lowest BCUT2D eigenvalue weighted by atomic mass is 10.2. The van der Waals surface area contributed by atoms with Gasteiger partial charge in [0.25, 0.3) is 5.91 Å². The van der Waals surface area contributed by atoms with E-state index in [-0.39, 0.29) is 11.5 Å². The molecule has 2 aromatic rings. The molecule has 2 aromatic carbocycles. The van der Waals surface area contributed by atoms with Gasteiger partial charge >= 0.3 is 5.97 Å². The van der Waals surface area contributed by atoms with Crippen molar-refractivity contribution in [2.45, 2.75) is 13.3 Å². The second-order valence-electron chi connectivity index (χ2n) is 6.09. The summed E-state index contributed by atoms with van der Waals surface area (Å²) < 4.78 is 16.1. The molecule has 0 aromatic heterocycles. The van der Waals surface area contributed by atoms with Crippen molar-refractivity contribution in [1.82, 2.24) is 0 Å². The standard InChI is InChI=1S/C20H20N2O6/c1-13(23)21-15-5-3-14(4-6-15)20(25)28-12-19(24)22-16-7-8-17-18(11-16)27-10-2-9-26-17/h3-8,11H,2,9-10,12H2,1H3,(H,21,23)(H,22,24). The molecule has 0 atom stereocenters. The zero-order valence-corrected chi connectivity index (χ0v) is 15.3. The zero-order valence-electron chi connectivity index (χ0n) is 15.3. The van der Waals surface area contributed by atoms with Gasteiger partial charge in [-0.25, -0.2) is 4.79 Å². The molecule has 0 bridgehead atoms. The SMILES string of the molecule is CC(=O)Nc1ccc(C(=O)OCC(=O)Nc2ccc3c(c2)OCCCO3)cc1. The highest BCUT2D eigenvalue weighted by atomic mass is 16.5. The van der Waals surface area contributed by atoms with E-state index < -0.39 is 18.5 Å².